The highest BCUT2D eigenvalue weighted by molar-refractivity contribution is 5.74. The predicted octanol–water partition coefficient (Wildman–Crippen LogP) is 0.307. The Bertz CT molecular complexity index is 222. The van der Waals surface area contributed by atoms with Crippen molar-refractivity contribution in [1.82, 2.24) is 9.80 Å². The molecule has 2 amide bonds. The van der Waals surface area contributed by atoms with Crippen molar-refractivity contribution < 1.29 is 14.3 Å². The summed E-state index contributed by atoms with van der Waals surface area (Å²) < 4.78 is 4.86. The normalized spacial score (nSPS) is 16.7. The van der Waals surface area contributed by atoms with E-state index in [2.05, 4.69) is 0 Å². The second-order valence-corrected chi connectivity index (χ2v) is 3.19. The van der Waals surface area contributed by atoms with Crippen molar-refractivity contribution in [2.75, 3.05) is 32.8 Å². The molecule has 1 aliphatic rings. The number of rotatable bonds is 1. The molecule has 0 bridgehead atoms. The summed E-state index contributed by atoms with van der Waals surface area (Å²) in [4.78, 5) is 25.6. The van der Waals surface area contributed by atoms with E-state index in [0.29, 0.717) is 32.8 Å². The smallest absolute Gasteiger partial charge is 0.409 e. The van der Waals surface area contributed by atoms with Crippen molar-refractivity contribution in [2.45, 2.75) is 13.8 Å². The second-order valence-electron chi connectivity index (χ2n) is 3.19. The lowest BCUT2D eigenvalue weighted by Crippen LogP contribution is -2.50. The lowest BCUT2D eigenvalue weighted by Gasteiger charge is -2.33. The van der Waals surface area contributed by atoms with Crippen molar-refractivity contribution in [1.29, 1.82) is 0 Å². The van der Waals surface area contributed by atoms with Crippen LogP contribution in [0.4, 0.5) is 4.79 Å². The van der Waals surface area contributed by atoms with E-state index < -0.39 is 0 Å². The highest BCUT2D eigenvalue weighted by Crippen LogP contribution is 2.03. The quantitative estimate of drug-likeness (QED) is 0.612. The van der Waals surface area contributed by atoms with Gasteiger partial charge in [-0.2, -0.15) is 0 Å². The van der Waals surface area contributed by atoms with Crippen molar-refractivity contribution in [2.24, 2.45) is 0 Å². The second kappa shape index (κ2) is 4.83. The number of hydrogen-bond donors (Lipinski definition) is 0. The molecule has 1 fully saturated rings. The summed E-state index contributed by atoms with van der Waals surface area (Å²) in [7, 11) is 0. The van der Waals surface area contributed by atoms with Gasteiger partial charge in [0.15, 0.2) is 0 Å². The molecule has 14 heavy (non-hydrogen) atoms. The minimum atomic E-state index is -0.282. The van der Waals surface area contributed by atoms with Crippen LogP contribution >= 0.6 is 0 Å². The first-order valence-electron chi connectivity index (χ1n) is 4.82. The molecule has 5 nitrogen and oxygen atoms in total. The summed E-state index contributed by atoms with van der Waals surface area (Å²) in [6.45, 7) is 6.06. The average molecular weight is 200 g/mol. The zero-order valence-electron chi connectivity index (χ0n) is 8.65. The van der Waals surface area contributed by atoms with Crippen LogP contribution < -0.4 is 0 Å². The number of nitrogens with zero attached hydrogens (tertiary/aromatic N) is 2. The van der Waals surface area contributed by atoms with Gasteiger partial charge in [0.2, 0.25) is 5.91 Å². The largest absolute Gasteiger partial charge is 0.450 e. The first-order chi connectivity index (χ1) is 6.65. The van der Waals surface area contributed by atoms with E-state index in [1.807, 2.05) is 0 Å². The number of piperazine rings is 1. The van der Waals surface area contributed by atoms with Crippen LogP contribution in [0.2, 0.25) is 0 Å². The van der Waals surface area contributed by atoms with Gasteiger partial charge in [-0.3, -0.25) is 4.79 Å². The van der Waals surface area contributed by atoms with Gasteiger partial charge in [0, 0.05) is 33.1 Å². The van der Waals surface area contributed by atoms with E-state index in [4.69, 9.17) is 4.74 Å². The van der Waals surface area contributed by atoms with Gasteiger partial charge in [0.05, 0.1) is 6.61 Å². The topological polar surface area (TPSA) is 49.9 Å². The number of hydrogen-bond acceptors (Lipinski definition) is 3. The van der Waals surface area contributed by atoms with E-state index in [1.54, 1.807) is 23.6 Å². The number of ether oxygens (including phenoxy) is 1. The molecule has 1 saturated heterocycles. The molecule has 0 spiro atoms. The summed E-state index contributed by atoms with van der Waals surface area (Å²) >= 11 is 0. The molecule has 1 heterocycles. The zero-order chi connectivity index (χ0) is 10.6. The number of carbonyl (C=O) groups is 2. The van der Waals surface area contributed by atoms with Crippen molar-refractivity contribution in [3.8, 4) is 0 Å². The Kier molecular flexibility index (Phi) is 3.73. The van der Waals surface area contributed by atoms with Gasteiger partial charge in [-0.05, 0) is 6.92 Å². The molecule has 0 aromatic carbocycles. The Labute approximate surface area is 83.6 Å². The summed E-state index contributed by atoms with van der Waals surface area (Å²) in [5.41, 5.74) is 0. The van der Waals surface area contributed by atoms with E-state index in [-0.39, 0.29) is 12.0 Å². The Morgan fingerprint density at radius 1 is 1.14 bits per heavy atom. The molecule has 5 heteroatoms. The van der Waals surface area contributed by atoms with Crippen LogP contribution in [0.3, 0.4) is 0 Å². The molecule has 1 aliphatic heterocycles. The van der Waals surface area contributed by atoms with Crippen LogP contribution in [0.5, 0.6) is 0 Å². The van der Waals surface area contributed by atoms with Crippen LogP contribution in [-0.2, 0) is 9.53 Å². The highest BCUT2D eigenvalue weighted by Gasteiger charge is 2.22. The average Bonchev–Trinajstić information content (AvgIpc) is 2.18. The Balaban J connectivity index is 2.35. The molecule has 0 aromatic rings. The molecule has 0 saturated carbocycles. The Morgan fingerprint density at radius 3 is 2.07 bits per heavy atom. The number of carbonyl (C=O) groups excluding carboxylic acids is 2. The Morgan fingerprint density at radius 2 is 1.64 bits per heavy atom. The molecule has 0 aromatic heterocycles. The third kappa shape index (κ3) is 2.61. The molecule has 0 unspecified atom stereocenters. The molecule has 0 N–H and O–H groups in total. The maximum absolute atomic E-state index is 11.3. The van der Waals surface area contributed by atoms with Crippen LogP contribution in [0.15, 0.2) is 0 Å². The maximum Gasteiger partial charge on any atom is 0.409 e. The van der Waals surface area contributed by atoms with Crippen molar-refractivity contribution in [3.05, 3.63) is 0 Å². The summed E-state index contributed by atoms with van der Waals surface area (Å²) in [5, 5.41) is 0. The fraction of sp³-hybridized carbons (Fsp3) is 0.778. The molecule has 0 aliphatic carbocycles. The first kappa shape index (κ1) is 10.8. The SMILES string of the molecule is CCOC(=O)N1CCN(C(C)=O)CC1. The third-order valence-corrected chi connectivity index (χ3v) is 2.25. The van der Waals surface area contributed by atoms with E-state index in [0.717, 1.165) is 0 Å². The van der Waals surface area contributed by atoms with Crippen molar-refractivity contribution in [3.63, 3.8) is 0 Å². The fourth-order valence-corrected chi connectivity index (χ4v) is 1.42. The maximum atomic E-state index is 11.3. The van der Waals surface area contributed by atoms with E-state index >= 15 is 0 Å². The van der Waals surface area contributed by atoms with Crippen LogP contribution in [0, 0.1) is 0 Å². The fourth-order valence-electron chi connectivity index (χ4n) is 1.42. The highest BCUT2D eigenvalue weighted by atomic mass is 16.6. The first-order valence-corrected chi connectivity index (χ1v) is 4.82. The minimum absolute atomic E-state index is 0.0634. The molecule has 0 radical (unpaired) electrons. The van der Waals surface area contributed by atoms with Gasteiger partial charge in [-0.25, -0.2) is 4.79 Å². The van der Waals surface area contributed by atoms with Gasteiger partial charge in [-0.15, -0.1) is 0 Å². The van der Waals surface area contributed by atoms with Gasteiger partial charge in [0.1, 0.15) is 0 Å². The summed E-state index contributed by atoms with van der Waals surface area (Å²) in [6, 6.07) is 0. The minimum Gasteiger partial charge on any atom is -0.450 e. The molecular weight excluding hydrogens is 184 g/mol. The standard InChI is InChI=1S/C9H16N2O3/c1-3-14-9(13)11-6-4-10(5-7-11)8(2)12/h3-7H2,1-2H3. The molecule has 1 rings (SSSR count). The third-order valence-electron chi connectivity index (χ3n) is 2.25. The van der Waals surface area contributed by atoms with Crippen LogP contribution in [0.1, 0.15) is 13.8 Å². The van der Waals surface area contributed by atoms with Gasteiger partial charge >= 0.3 is 6.09 Å². The zero-order valence-corrected chi connectivity index (χ0v) is 8.65. The predicted molar refractivity (Wildman–Crippen MR) is 50.8 cm³/mol. The van der Waals surface area contributed by atoms with Crippen LogP contribution in [0.25, 0.3) is 0 Å². The van der Waals surface area contributed by atoms with Gasteiger partial charge < -0.3 is 14.5 Å². The summed E-state index contributed by atoms with van der Waals surface area (Å²) in [5.74, 6) is 0.0634. The van der Waals surface area contributed by atoms with Gasteiger partial charge in [-0.1, -0.05) is 0 Å². The Hall–Kier alpha value is -1.26. The lowest BCUT2D eigenvalue weighted by atomic mass is 10.3. The lowest BCUT2D eigenvalue weighted by molar-refractivity contribution is -0.130. The van der Waals surface area contributed by atoms with Gasteiger partial charge in [0.25, 0.3) is 0 Å². The van der Waals surface area contributed by atoms with E-state index in [1.165, 1.54) is 0 Å². The molecular formula is C9H16N2O3. The number of amides is 2. The van der Waals surface area contributed by atoms with Crippen molar-refractivity contribution >= 4 is 12.0 Å². The molecule has 0 atom stereocenters. The van der Waals surface area contributed by atoms with E-state index in [9.17, 15) is 9.59 Å². The monoisotopic (exact) mass is 200 g/mol. The van der Waals surface area contributed by atoms with Crippen LogP contribution in [-0.4, -0.2) is 54.6 Å². The summed E-state index contributed by atoms with van der Waals surface area (Å²) in [6.07, 6.45) is -0.282. The molecule has 80 valence electrons.